The number of aromatic amines is 1. The Kier molecular flexibility index (Phi) is 3.29. The quantitative estimate of drug-likeness (QED) is 0.796. The molecule has 0 bridgehead atoms. The lowest BCUT2D eigenvalue weighted by Gasteiger charge is -2.07. The molecule has 18 heavy (non-hydrogen) atoms. The fourth-order valence-corrected chi connectivity index (χ4v) is 1.59. The third-order valence-corrected chi connectivity index (χ3v) is 2.49. The minimum absolute atomic E-state index is 0.0201. The average Bonchev–Trinajstić information content (AvgIpc) is 2.57. The Morgan fingerprint density at radius 1 is 1.17 bits per heavy atom. The van der Waals surface area contributed by atoms with Crippen LogP contribution in [0.5, 0.6) is 5.75 Å². The number of halogens is 6. The molecule has 98 valence electrons. The SMILES string of the molecule is FC(F)(F)Oc1ccc2[nH]c(C(Cl)(Cl)Cl)nc2c1. The fourth-order valence-electron chi connectivity index (χ4n) is 1.32. The highest BCUT2D eigenvalue weighted by atomic mass is 35.6. The first-order valence-corrected chi connectivity index (χ1v) is 5.61. The molecule has 0 fully saturated rings. The highest BCUT2D eigenvalue weighted by molar-refractivity contribution is 6.66. The first-order chi connectivity index (χ1) is 8.15. The summed E-state index contributed by atoms with van der Waals surface area (Å²) >= 11 is 16.8. The van der Waals surface area contributed by atoms with E-state index in [2.05, 4.69) is 14.7 Å². The van der Waals surface area contributed by atoms with Crippen LogP contribution in [0, 0.1) is 0 Å². The number of hydrogen-bond donors (Lipinski definition) is 1. The van der Waals surface area contributed by atoms with Crippen molar-refractivity contribution in [3.63, 3.8) is 0 Å². The van der Waals surface area contributed by atoms with Gasteiger partial charge in [0.2, 0.25) is 3.79 Å². The van der Waals surface area contributed by atoms with E-state index in [1.807, 2.05) is 0 Å². The van der Waals surface area contributed by atoms with Crippen molar-refractivity contribution >= 4 is 45.8 Å². The smallest absolute Gasteiger partial charge is 0.406 e. The maximum absolute atomic E-state index is 12.0. The fraction of sp³-hybridized carbons (Fsp3) is 0.222. The molecule has 0 amide bonds. The number of benzene rings is 1. The normalized spacial score (nSPS) is 13.0. The summed E-state index contributed by atoms with van der Waals surface area (Å²) in [7, 11) is 0. The third kappa shape index (κ3) is 3.13. The largest absolute Gasteiger partial charge is 0.573 e. The monoisotopic (exact) mass is 318 g/mol. The van der Waals surface area contributed by atoms with Gasteiger partial charge in [0.1, 0.15) is 5.75 Å². The van der Waals surface area contributed by atoms with Gasteiger partial charge in [0.15, 0.2) is 5.82 Å². The number of H-pyrrole nitrogens is 1. The lowest BCUT2D eigenvalue weighted by molar-refractivity contribution is -0.274. The lowest BCUT2D eigenvalue weighted by Crippen LogP contribution is -2.16. The number of nitrogens with one attached hydrogen (secondary N) is 1. The molecular formula is C9H4Cl3F3N2O. The van der Waals surface area contributed by atoms with Gasteiger partial charge in [0, 0.05) is 6.07 Å². The van der Waals surface area contributed by atoms with Crippen molar-refractivity contribution in [2.24, 2.45) is 0 Å². The van der Waals surface area contributed by atoms with Gasteiger partial charge in [-0.05, 0) is 12.1 Å². The van der Waals surface area contributed by atoms with Crippen molar-refractivity contribution in [2.45, 2.75) is 10.2 Å². The molecule has 2 aromatic rings. The first kappa shape index (κ1) is 13.6. The Morgan fingerprint density at radius 3 is 2.39 bits per heavy atom. The molecule has 0 saturated heterocycles. The van der Waals surface area contributed by atoms with Gasteiger partial charge in [-0.25, -0.2) is 4.98 Å². The van der Waals surface area contributed by atoms with Gasteiger partial charge in [-0.15, -0.1) is 13.2 Å². The molecule has 1 N–H and O–H groups in total. The Bertz CT molecular complexity index is 576. The second-order valence-corrected chi connectivity index (χ2v) is 5.59. The van der Waals surface area contributed by atoms with Crippen LogP contribution in [0.15, 0.2) is 18.2 Å². The summed E-state index contributed by atoms with van der Waals surface area (Å²) in [5.74, 6) is -0.371. The van der Waals surface area contributed by atoms with Crippen LogP contribution in [0.25, 0.3) is 11.0 Å². The predicted octanol–water partition coefficient (Wildman–Crippen LogP) is 4.29. The number of rotatable bonds is 1. The molecule has 0 unspecified atom stereocenters. The predicted molar refractivity (Wildman–Crippen MR) is 62.0 cm³/mol. The third-order valence-electron chi connectivity index (χ3n) is 1.96. The van der Waals surface area contributed by atoms with Crippen molar-refractivity contribution in [2.75, 3.05) is 0 Å². The van der Waals surface area contributed by atoms with Gasteiger partial charge in [-0.3, -0.25) is 0 Å². The van der Waals surface area contributed by atoms with E-state index in [1.165, 1.54) is 6.07 Å². The molecule has 0 radical (unpaired) electrons. The maximum Gasteiger partial charge on any atom is 0.573 e. The lowest BCUT2D eigenvalue weighted by atomic mass is 10.3. The Balaban J connectivity index is 2.40. The Hall–Kier alpha value is -0.850. The molecule has 3 nitrogen and oxygen atoms in total. The van der Waals surface area contributed by atoms with Gasteiger partial charge in [-0.1, -0.05) is 34.8 Å². The van der Waals surface area contributed by atoms with Crippen LogP contribution in [-0.2, 0) is 3.79 Å². The number of ether oxygens (including phenoxy) is 1. The number of nitrogens with zero attached hydrogens (tertiary/aromatic N) is 1. The van der Waals surface area contributed by atoms with Crippen molar-refractivity contribution in [3.05, 3.63) is 24.0 Å². The number of fused-ring (bicyclic) bond motifs is 1. The summed E-state index contributed by atoms with van der Waals surface area (Å²) < 4.78 is 38.0. The van der Waals surface area contributed by atoms with E-state index in [9.17, 15) is 13.2 Å². The summed E-state index contributed by atoms with van der Waals surface area (Å²) in [4.78, 5) is 6.56. The van der Waals surface area contributed by atoms with E-state index in [-0.39, 0.29) is 11.3 Å². The zero-order valence-electron chi connectivity index (χ0n) is 8.36. The molecule has 0 spiro atoms. The summed E-state index contributed by atoms with van der Waals surface area (Å²) in [5.41, 5.74) is 0.643. The van der Waals surface area contributed by atoms with Crippen molar-refractivity contribution in [3.8, 4) is 5.75 Å². The molecule has 1 aromatic carbocycles. The second-order valence-electron chi connectivity index (χ2n) is 3.31. The maximum atomic E-state index is 12.0. The van der Waals surface area contributed by atoms with Crippen LogP contribution >= 0.6 is 34.8 Å². The first-order valence-electron chi connectivity index (χ1n) is 4.48. The van der Waals surface area contributed by atoms with Gasteiger partial charge >= 0.3 is 6.36 Å². The van der Waals surface area contributed by atoms with Crippen LogP contribution in [-0.4, -0.2) is 16.3 Å². The van der Waals surface area contributed by atoms with Crippen LogP contribution in [0.2, 0.25) is 0 Å². The van der Waals surface area contributed by atoms with Crippen molar-refractivity contribution in [1.29, 1.82) is 0 Å². The highest BCUT2D eigenvalue weighted by Gasteiger charge is 2.31. The Morgan fingerprint density at radius 2 is 1.83 bits per heavy atom. The van der Waals surface area contributed by atoms with E-state index in [1.54, 1.807) is 0 Å². The van der Waals surface area contributed by atoms with Crippen LogP contribution in [0.4, 0.5) is 13.2 Å². The van der Waals surface area contributed by atoms with E-state index >= 15 is 0 Å². The van der Waals surface area contributed by atoms with Gasteiger partial charge in [-0.2, -0.15) is 0 Å². The number of aromatic nitrogens is 2. The molecule has 0 atom stereocenters. The van der Waals surface area contributed by atoms with Crippen molar-refractivity contribution in [1.82, 2.24) is 9.97 Å². The second kappa shape index (κ2) is 4.36. The van der Waals surface area contributed by atoms with E-state index in [0.717, 1.165) is 12.1 Å². The summed E-state index contributed by atoms with van der Waals surface area (Å²) in [6, 6.07) is 3.58. The molecule has 2 rings (SSSR count). The molecule has 9 heteroatoms. The van der Waals surface area contributed by atoms with Crippen molar-refractivity contribution < 1.29 is 17.9 Å². The number of imidazole rings is 1. The number of hydrogen-bond acceptors (Lipinski definition) is 2. The summed E-state index contributed by atoms with van der Waals surface area (Å²) in [6.07, 6.45) is -4.76. The summed E-state index contributed by atoms with van der Waals surface area (Å²) in [6.45, 7) is 0. The molecule has 1 heterocycles. The van der Waals surface area contributed by atoms with Crippen LogP contribution in [0.1, 0.15) is 5.82 Å². The minimum atomic E-state index is -4.76. The molecule has 0 saturated carbocycles. The highest BCUT2D eigenvalue weighted by Crippen LogP contribution is 2.37. The van der Waals surface area contributed by atoms with Gasteiger partial charge < -0.3 is 9.72 Å². The zero-order chi connectivity index (χ0) is 13.6. The molecule has 0 aliphatic carbocycles. The topological polar surface area (TPSA) is 37.9 Å². The van der Waals surface area contributed by atoms with Crippen LogP contribution in [0.3, 0.4) is 0 Å². The van der Waals surface area contributed by atoms with E-state index in [0.29, 0.717) is 5.52 Å². The van der Waals surface area contributed by atoms with Gasteiger partial charge in [0.25, 0.3) is 0 Å². The standard InChI is InChI=1S/C9H4Cl3F3N2O/c10-8(11,12)7-16-5-2-1-4(3-6(5)17-7)18-9(13,14)15/h1-3H,(H,16,17). The summed E-state index contributed by atoms with van der Waals surface area (Å²) in [5, 5.41) is 0. The Labute approximate surface area is 114 Å². The molecule has 0 aliphatic heterocycles. The van der Waals surface area contributed by atoms with Crippen LogP contribution < -0.4 is 4.74 Å². The van der Waals surface area contributed by atoms with E-state index in [4.69, 9.17) is 34.8 Å². The average molecular weight is 319 g/mol. The minimum Gasteiger partial charge on any atom is -0.406 e. The number of alkyl halides is 6. The van der Waals surface area contributed by atoms with E-state index < -0.39 is 15.9 Å². The molecule has 0 aliphatic rings. The molecular weight excluding hydrogens is 315 g/mol. The molecule has 1 aromatic heterocycles. The zero-order valence-corrected chi connectivity index (χ0v) is 10.6. The van der Waals surface area contributed by atoms with Gasteiger partial charge in [0.05, 0.1) is 11.0 Å².